The number of hydrogen-bond donors (Lipinski definition) is 1. The Kier molecular flexibility index (Phi) is 5.88. The monoisotopic (exact) mass is 409 g/mol. The molecule has 2 aromatic rings. The molecule has 3 atom stereocenters. The van der Waals surface area contributed by atoms with Gasteiger partial charge in [0.25, 0.3) is 0 Å². The number of nitrogens with one attached hydrogen (secondary N) is 1. The maximum absolute atomic E-state index is 12.9. The van der Waals surface area contributed by atoms with Crippen molar-refractivity contribution in [2.24, 2.45) is 11.8 Å². The zero-order valence-electron chi connectivity index (χ0n) is 16.2. The van der Waals surface area contributed by atoms with E-state index in [-0.39, 0.29) is 23.4 Å². The molecule has 1 fully saturated rings. The number of hydrogen-bond acceptors (Lipinski definition) is 5. The smallest absolute Gasteiger partial charge is 0.243 e. The summed E-state index contributed by atoms with van der Waals surface area (Å²) >= 11 is 1.46. The molecule has 8 heteroatoms. The number of fused-ring (bicyclic) bond motifs is 1. The van der Waals surface area contributed by atoms with Crippen LogP contribution >= 0.6 is 11.3 Å². The maximum atomic E-state index is 12.9. The SMILES string of the molecule is Cc1nc2ccc(S(=O)(=O)N(C)CC(=O)N[C@@H]3CCC[C@H](C)[C@H]3C)cc2s1. The highest BCUT2D eigenvalue weighted by Crippen LogP contribution is 2.29. The van der Waals surface area contributed by atoms with Gasteiger partial charge in [0.1, 0.15) is 0 Å². The van der Waals surface area contributed by atoms with Crippen LogP contribution in [0.4, 0.5) is 0 Å². The first kappa shape index (κ1) is 20.2. The molecule has 1 saturated carbocycles. The first-order chi connectivity index (χ1) is 12.7. The van der Waals surface area contributed by atoms with E-state index in [9.17, 15) is 13.2 Å². The molecule has 3 rings (SSSR count). The van der Waals surface area contributed by atoms with Crippen molar-refractivity contribution in [1.29, 1.82) is 0 Å². The molecule has 1 aliphatic carbocycles. The molecule has 0 unspecified atom stereocenters. The highest BCUT2D eigenvalue weighted by molar-refractivity contribution is 7.89. The minimum absolute atomic E-state index is 0.119. The summed E-state index contributed by atoms with van der Waals surface area (Å²) < 4.78 is 27.7. The number of amides is 1. The van der Waals surface area contributed by atoms with Crippen molar-refractivity contribution in [2.75, 3.05) is 13.6 Å². The molecule has 0 bridgehead atoms. The van der Waals surface area contributed by atoms with Crippen LogP contribution in [0.1, 0.15) is 38.1 Å². The molecule has 0 radical (unpaired) electrons. The Hall–Kier alpha value is -1.51. The molecule has 1 aromatic carbocycles. The quantitative estimate of drug-likeness (QED) is 0.823. The summed E-state index contributed by atoms with van der Waals surface area (Å²) in [7, 11) is -2.28. The van der Waals surface area contributed by atoms with E-state index >= 15 is 0 Å². The van der Waals surface area contributed by atoms with Crippen molar-refractivity contribution in [1.82, 2.24) is 14.6 Å². The van der Waals surface area contributed by atoms with Gasteiger partial charge in [-0.25, -0.2) is 13.4 Å². The summed E-state index contributed by atoms with van der Waals surface area (Å²) in [5.74, 6) is 0.725. The maximum Gasteiger partial charge on any atom is 0.243 e. The van der Waals surface area contributed by atoms with E-state index in [0.29, 0.717) is 11.8 Å². The van der Waals surface area contributed by atoms with Crippen molar-refractivity contribution in [3.63, 3.8) is 0 Å². The Balaban J connectivity index is 1.69. The highest BCUT2D eigenvalue weighted by atomic mass is 32.2. The number of nitrogens with zero attached hydrogens (tertiary/aromatic N) is 2. The summed E-state index contributed by atoms with van der Waals surface area (Å²) in [6, 6.07) is 5.02. The van der Waals surface area contributed by atoms with Gasteiger partial charge in [0.15, 0.2) is 0 Å². The van der Waals surface area contributed by atoms with Crippen LogP contribution in [0, 0.1) is 18.8 Å². The number of sulfonamides is 1. The van der Waals surface area contributed by atoms with E-state index in [1.54, 1.807) is 18.2 Å². The number of rotatable bonds is 5. The summed E-state index contributed by atoms with van der Waals surface area (Å²) in [5, 5.41) is 3.93. The minimum Gasteiger partial charge on any atom is -0.352 e. The lowest BCUT2D eigenvalue weighted by atomic mass is 9.78. The van der Waals surface area contributed by atoms with Crippen molar-refractivity contribution >= 4 is 37.5 Å². The molecule has 0 saturated heterocycles. The van der Waals surface area contributed by atoms with Gasteiger partial charge in [-0.1, -0.05) is 26.7 Å². The summed E-state index contributed by atoms with van der Waals surface area (Å²) in [4.78, 5) is 17.0. The summed E-state index contributed by atoms with van der Waals surface area (Å²) in [6.45, 7) is 6.07. The fraction of sp³-hybridized carbons (Fsp3) is 0.579. The van der Waals surface area contributed by atoms with Gasteiger partial charge < -0.3 is 5.32 Å². The van der Waals surface area contributed by atoms with E-state index in [1.807, 2.05) is 6.92 Å². The van der Waals surface area contributed by atoms with Crippen molar-refractivity contribution in [3.8, 4) is 0 Å². The second-order valence-corrected chi connectivity index (χ2v) is 10.8. The average Bonchev–Trinajstić information content (AvgIpc) is 2.98. The number of benzene rings is 1. The first-order valence-electron chi connectivity index (χ1n) is 9.31. The normalized spacial score (nSPS) is 23.7. The molecular weight excluding hydrogens is 382 g/mol. The van der Waals surface area contributed by atoms with E-state index < -0.39 is 10.0 Å². The van der Waals surface area contributed by atoms with Gasteiger partial charge in [0, 0.05) is 13.1 Å². The Labute approximate surface area is 165 Å². The number of carbonyl (C=O) groups is 1. The van der Waals surface area contributed by atoms with Crippen LogP contribution in [0.2, 0.25) is 0 Å². The predicted octanol–water partition coefficient (Wildman–Crippen LogP) is 3.17. The molecule has 148 valence electrons. The number of likely N-dealkylation sites (N-methyl/N-ethyl adjacent to an activating group) is 1. The van der Waals surface area contributed by atoms with E-state index in [4.69, 9.17) is 0 Å². The number of aromatic nitrogens is 1. The van der Waals surface area contributed by atoms with Gasteiger partial charge in [-0.2, -0.15) is 4.31 Å². The fourth-order valence-electron chi connectivity index (χ4n) is 3.69. The molecule has 6 nitrogen and oxygen atoms in total. The Morgan fingerprint density at radius 1 is 1.33 bits per heavy atom. The number of aryl methyl sites for hydroxylation is 1. The molecular formula is C19H27N3O3S2. The lowest BCUT2D eigenvalue weighted by Crippen LogP contribution is -2.47. The van der Waals surface area contributed by atoms with Gasteiger partial charge in [-0.05, 0) is 43.4 Å². The first-order valence-corrected chi connectivity index (χ1v) is 11.6. The van der Waals surface area contributed by atoms with E-state index in [2.05, 4.69) is 24.1 Å². The lowest BCUT2D eigenvalue weighted by molar-refractivity contribution is -0.122. The van der Waals surface area contributed by atoms with Crippen LogP contribution in [-0.4, -0.2) is 43.2 Å². The third-order valence-corrected chi connectivity index (χ3v) is 8.33. The van der Waals surface area contributed by atoms with Crippen LogP contribution in [0.15, 0.2) is 23.1 Å². The van der Waals surface area contributed by atoms with Crippen LogP contribution in [0.5, 0.6) is 0 Å². The third-order valence-electron chi connectivity index (χ3n) is 5.59. The second-order valence-electron chi connectivity index (χ2n) is 7.56. The van der Waals surface area contributed by atoms with Gasteiger partial charge >= 0.3 is 0 Å². The fourth-order valence-corrected chi connectivity index (χ4v) is 5.78. The molecule has 1 heterocycles. The highest BCUT2D eigenvalue weighted by Gasteiger charge is 2.30. The van der Waals surface area contributed by atoms with Crippen molar-refractivity contribution < 1.29 is 13.2 Å². The Bertz CT molecular complexity index is 939. The van der Waals surface area contributed by atoms with Crippen LogP contribution < -0.4 is 5.32 Å². The standard InChI is InChI=1S/C19H27N3O3S2/c1-12-6-5-7-16(13(12)2)21-19(23)11-22(4)27(24,25)15-8-9-17-18(10-15)26-14(3)20-17/h8-10,12-13,16H,5-7,11H2,1-4H3,(H,21,23)/t12-,13+,16+/m0/s1. The summed E-state index contributed by atoms with van der Waals surface area (Å²) in [5.41, 5.74) is 0.789. The second kappa shape index (κ2) is 7.85. The van der Waals surface area contributed by atoms with Gasteiger partial charge in [-0.15, -0.1) is 11.3 Å². The topological polar surface area (TPSA) is 79.4 Å². The van der Waals surface area contributed by atoms with E-state index in [1.165, 1.54) is 24.8 Å². The zero-order valence-corrected chi connectivity index (χ0v) is 17.9. The minimum atomic E-state index is -3.73. The number of thiazole rings is 1. The predicted molar refractivity (Wildman–Crippen MR) is 108 cm³/mol. The Morgan fingerprint density at radius 3 is 2.81 bits per heavy atom. The van der Waals surface area contributed by atoms with Gasteiger partial charge in [-0.3, -0.25) is 4.79 Å². The molecule has 1 N–H and O–H groups in total. The third kappa shape index (κ3) is 4.33. The zero-order chi connectivity index (χ0) is 19.8. The molecule has 1 amide bonds. The summed E-state index contributed by atoms with van der Waals surface area (Å²) in [6.07, 6.45) is 3.23. The van der Waals surface area contributed by atoms with Crippen LogP contribution in [0.25, 0.3) is 10.2 Å². The van der Waals surface area contributed by atoms with Crippen LogP contribution in [-0.2, 0) is 14.8 Å². The van der Waals surface area contributed by atoms with Gasteiger partial charge in [0.2, 0.25) is 15.9 Å². The van der Waals surface area contributed by atoms with Crippen molar-refractivity contribution in [2.45, 2.75) is 51.0 Å². The largest absolute Gasteiger partial charge is 0.352 e. The average molecular weight is 410 g/mol. The van der Waals surface area contributed by atoms with Crippen LogP contribution in [0.3, 0.4) is 0 Å². The molecule has 1 aromatic heterocycles. The van der Waals surface area contributed by atoms with E-state index in [0.717, 1.165) is 32.4 Å². The molecule has 27 heavy (non-hydrogen) atoms. The molecule has 1 aliphatic rings. The van der Waals surface area contributed by atoms with Gasteiger partial charge in [0.05, 0.1) is 26.7 Å². The number of carbonyl (C=O) groups excluding carboxylic acids is 1. The van der Waals surface area contributed by atoms with Crippen molar-refractivity contribution in [3.05, 3.63) is 23.2 Å². The molecule has 0 aliphatic heterocycles. The molecule has 0 spiro atoms. The lowest BCUT2D eigenvalue weighted by Gasteiger charge is -2.34. The Morgan fingerprint density at radius 2 is 2.07 bits per heavy atom.